The number of benzene rings is 2. The van der Waals surface area contributed by atoms with Crippen LogP contribution in [0.15, 0.2) is 48.5 Å². The number of methoxy groups -OCH3 is 1. The van der Waals surface area contributed by atoms with Gasteiger partial charge in [0.2, 0.25) is 0 Å². The van der Waals surface area contributed by atoms with E-state index in [0.29, 0.717) is 17.2 Å². The molecule has 0 aromatic heterocycles. The summed E-state index contributed by atoms with van der Waals surface area (Å²) in [7, 11) is 1.55. The van der Waals surface area contributed by atoms with Gasteiger partial charge in [-0.15, -0.1) is 0 Å². The highest BCUT2D eigenvalue weighted by atomic mass is 35.5. The molecule has 1 atom stereocenters. The van der Waals surface area contributed by atoms with E-state index in [1.165, 1.54) is 0 Å². The van der Waals surface area contributed by atoms with Crippen LogP contribution in [0.1, 0.15) is 17.0 Å². The Morgan fingerprint density at radius 1 is 1.25 bits per heavy atom. The van der Waals surface area contributed by atoms with Gasteiger partial charge in [-0.25, -0.2) is 0 Å². The van der Waals surface area contributed by atoms with Crippen molar-refractivity contribution in [2.75, 3.05) is 7.11 Å². The molecule has 2 aromatic carbocycles. The van der Waals surface area contributed by atoms with Crippen molar-refractivity contribution in [3.8, 4) is 5.75 Å². The Kier molecular flexibility index (Phi) is 4.64. The number of halogens is 1. The van der Waals surface area contributed by atoms with Gasteiger partial charge in [-0.05, 0) is 29.7 Å². The molecule has 0 heterocycles. The number of hydrogen-bond donors (Lipinski definition) is 1. The number of ether oxygens (including phenoxy) is 1. The molecule has 20 heavy (non-hydrogen) atoms. The smallest absolute Gasteiger partial charge is 0.311 e. The molecule has 1 unspecified atom stereocenters. The maximum atomic E-state index is 11.5. The summed E-state index contributed by atoms with van der Waals surface area (Å²) in [5.74, 6) is -0.842. The second-order valence-corrected chi connectivity index (χ2v) is 4.88. The van der Waals surface area contributed by atoms with Gasteiger partial charge in [-0.1, -0.05) is 48.0 Å². The summed E-state index contributed by atoms with van der Waals surface area (Å²) in [6, 6.07) is 14.5. The molecule has 0 saturated heterocycles. The lowest BCUT2D eigenvalue weighted by Gasteiger charge is -2.13. The summed E-state index contributed by atoms with van der Waals surface area (Å²) in [6.45, 7) is 0. The average molecular weight is 291 g/mol. The summed E-state index contributed by atoms with van der Waals surface area (Å²) in [4.78, 5) is 11.5. The number of carboxylic acid groups (broad SMARTS) is 1. The third kappa shape index (κ3) is 3.31. The molecule has 104 valence electrons. The van der Waals surface area contributed by atoms with E-state index >= 15 is 0 Å². The molecule has 1 N–H and O–H groups in total. The van der Waals surface area contributed by atoms with E-state index in [1.807, 2.05) is 36.4 Å². The lowest BCUT2D eigenvalue weighted by Crippen LogP contribution is -2.14. The molecule has 2 rings (SSSR count). The third-order valence-electron chi connectivity index (χ3n) is 3.16. The van der Waals surface area contributed by atoms with Crippen molar-refractivity contribution < 1.29 is 14.6 Å². The average Bonchev–Trinajstić information content (AvgIpc) is 2.45. The Hall–Kier alpha value is -2.00. The Bertz CT molecular complexity index is 596. The molecular weight excluding hydrogens is 276 g/mol. The van der Waals surface area contributed by atoms with Crippen LogP contribution in [0.4, 0.5) is 0 Å². The molecular formula is C16H15ClO3. The minimum absolute atomic E-state index is 0.392. The molecule has 0 amide bonds. The molecule has 2 aromatic rings. The van der Waals surface area contributed by atoms with E-state index in [0.717, 1.165) is 11.1 Å². The minimum atomic E-state index is -0.844. The van der Waals surface area contributed by atoms with E-state index in [2.05, 4.69) is 0 Å². The largest absolute Gasteiger partial charge is 0.495 e. The predicted molar refractivity (Wildman–Crippen MR) is 78.5 cm³/mol. The van der Waals surface area contributed by atoms with Crippen molar-refractivity contribution in [1.29, 1.82) is 0 Å². The highest BCUT2D eigenvalue weighted by Crippen LogP contribution is 2.28. The Morgan fingerprint density at radius 3 is 2.50 bits per heavy atom. The van der Waals surface area contributed by atoms with Crippen LogP contribution in [-0.2, 0) is 11.2 Å². The second-order valence-electron chi connectivity index (χ2n) is 4.47. The lowest BCUT2D eigenvalue weighted by atomic mass is 9.92. The minimum Gasteiger partial charge on any atom is -0.495 e. The van der Waals surface area contributed by atoms with Crippen LogP contribution in [-0.4, -0.2) is 18.2 Å². The quantitative estimate of drug-likeness (QED) is 0.912. The van der Waals surface area contributed by atoms with Gasteiger partial charge in [0, 0.05) is 0 Å². The van der Waals surface area contributed by atoms with Gasteiger partial charge >= 0.3 is 5.97 Å². The summed E-state index contributed by atoms with van der Waals surface area (Å²) >= 11 is 6.07. The fourth-order valence-corrected chi connectivity index (χ4v) is 2.39. The van der Waals surface area contributed by atoms with Gasteiger partial charge in [0.05, 0.1) is 18.1 Å². The fourth-order valence-electron chi connectivity index (χ4n) is 2.11. The first kappa shape index (κ1) is 14.4. The van der Waals surface area contributed by atoms with Crippen molar-refractivity contribution in [1.82, 2.24) is 0 Å². The van der Waals surface area contributed by atoms with Crippen molar-refractivity contribution >= 4 is 17.6 Å². The zero-order chi connectivity index (χ0) is 14.5. The first-order valence-corrected chi connectivity index (χ1v) is 6.59. The zero-order valence-electron chi connectivity index (χ0n) is 11.0. The normalized spacial score (nSPS) is 11.9. The molecule has 0 aliphatic rings. The van der Waals surface area contributed by atoms with Crippen molar-refractivity contribution in [3.63, 3.8) is 0 Å². The van der Waals surface area contributed by atoms with Crippen molar-refractivity contribution in [2.45, 2.75) is 12.3 Å². The molecule has 0 aliphatic heterocycles. The molecule has 4 heteroatoms. The Morgan fingerprint density at radius 2 is 1.95 bits per heavy atom. The Labute approximate surface area is 122 Å². The van der Waals surface area contributed by atoms with E-state index in [-0.39, 0.29) is 0 Å². The van der Waals surface area contributed by atoms with Gasteiger partial charge in [0.15, 0.2) is 0 Å². The van der Waals surface area contributed by atoms with E-state index in [9.17, 15) is 9.90 Å². The van der Waals surface area contributed by atoms with Gasteiger partial charge < -0.3 is 9.84 Å². The van der Waals surface area contributed by atoms with Crippen LogP contribution in [0.5, 0.6) is 5.75 Å². The third-order valence-corrected chi connectivity index (χ3v) is 3.45. The first-order valence-electron chi connectivity index (χ1n) is 6.22. The summed E-state index contributed by atoms with van der Waals surface area (Å²) < 4.78 is 5.09. The van der Waals surface area contributed by atoms with Crippen LogP contribution in [0, 0.1) is 0 Å². The summed E-state index contributed by atoms with van der Waals surface area (Å²) in [5, 5.41) is 9.89. The number of hydrogen-bond acceptors (Lipinski definition) is 2. The molecule has 0 bridgehead atoms. The van der Waals surface area contributed by atoms with Crippen molar-refractivity contribution in [3.05, 3.63) is 64.7 Å². The highest BCUT2D eigenvalue weighted by molar-refractivity contribution is 6.32. The van der Waals surface area contributed by atoms with Crippen LogP contribution in [0.25, 0.3) is 0 Å². The molecule has 0 fully saturated rings. The Balaban J connectivity index is 2.25. The highest BCUT2D eigenvalue weighted by Gasteiger charge is 2.20. The van der Waals surface area contributed by atoms with Crippen LogP contribution < -0.4 is 4.74 Å². The van der Waals surface area contributed by atoms with Crippen LogP contribution >= 0.6 is 11.6 Å². The zero-order valence-corrected chi connectivity index (χ0v) is 11.8. The molecule has 3 nitrogen and oxygen atoms in total. The van der Waals surface area contributed by atoms with Crippen LogP contribution in [0.2, 0.25) is 5.02 Å². The summed E-state index contributed by atoms with van der Waals surface area (Å²) in [6.07, 6.45) is 0.392. The van der Waals surface area contributed by atoms with Gasteiger partial charge in [0.1, 0.15) is 5.75 Å². The molecule has 0 radical (unpaired) electrons. The maximum Gasteiger partial charge on any atom is 0.311 e. The van der Waals surface area contributed by atoms with Crippen molar-refractivity contribution in [2.24, 2.45) is 0 Å². The van der Waals surface area contributed by atoms with Gasteiger partial charge in [-0.2, -0.15) is 0 Å². The maximum absolute atomic E-state index is 11.5. The topological polar surface area (TPSA) is 46.5 Å². The predicted octanol–water partition coefficient (Wildman–Crippen LogP) is 3.76. The fraction of sp³-hybridized carbons (Fsp3) is 0.188. The molecule has 0 spiro atoms. The SMILES string of the molecule is COc1ccc(CC(C(=O)O)c2ccccc2)cc1Cl. The second kappa shape index (κ2) is 6.44. The number of carbonyl (C=O) groups is 1. The van der Waals surface area contributed by atoms with Crippen LogP contribution in [0.3, 0.4) is 0 Å². The standard InChI is InChI=1S/C16H15ClO3/c1-20-15-8-7-11(10-14(15)17)9-13(16(18)19)12-5-3-2-4-6-12/h2-8,10,13H,9H2,1H3,(H,18,19). The number of carboxylic acids is 1. The van der Waals surface area contributed by atoms with E-state index in [4.69, 9.17) is 16.3 Å². The monoisotopic (exact) mass is 290 g/mol. The van der Waals surface area contributed by atoms with Gasteiger partial charge in [-0.3, -0.25) is 4.79 Å². The number of aliphatic carboxylic acids is 1. The lowest BCUT2D eigenvalue weighted by molar-refractivity contribution is -0.138. The first-order chi connectivity index (χ1) is 9.61. The molecule has 0 saturated carbocycles. The van der Waals surface area contributed by atoms with Gasteiger partial charge in [0.25, 0.3) is 0 Å². The number of rotatable bonds is 5. The summed E-state index contributed by atoms with van der Waals surface area (Å²) in [5.41, 5.74) is 1.65. The molecule has 0 aliphatic carbocycles. The van der Waals surface area contributed by atoms with E-state index < -0.39 is 11.9 Å². The van der Waals surface area contributed by atoms with E-state index in [1.54, 1.807) is 19.2 Å².